The number of hydrogen-bond donors (Lipinski definition) is 1. The van der Waals surface area contributed by atoms with Gasteiger partial charge in [-0.1, -0.05) is 24.3 Å². The zero-order valence-corrected chi connectivity index (χ0v) is 18.5. The van der Waals surface area contributed by atoms with Crippen molar-refractivity contribution < 1.29 is 27.1 Å². The highest BCUT2D eigenvalue weighted by Gasteiger charge is 2.28. The summed E-state index contributed by atoms with van der Waals surface area (Å²) in [7, 11) is 0. The zero-order valence-electron chi connectivity index (χ0n) is 17.7. The molecule has 2 heterocycles. The first-order valence-electron chi connectivity index (χ1n) is 10.3. The van der Waals surface area contributed by atoms with Gasteiger partial charge in [-0.25, -0.2) is 4.39 Å². The Labute approximate surface area is 196 Å². The van der Waals surface area contributed by atoms with E-state index in [4.69, 9.17) is 4.74 Å². The number of nitrogens with one attached hydrogen (secondary N) is 1. The van der Waals surface area contributed by atoms with E-state index in [0.29, 0.717) is 40.4 Å². The molecule has 0 saturated carbocycles. The van der Waals surface area contributed by atoms with Crippen LogP contribution >= 0.6 is 11.8 Å². The van der Waals surface area contributed by atoms with Crippen molar-refractivity contribution in [3.8, 4) is 5.75 Å². The lowest BCUT2D eigenvalue weighted by Crippen LogP contribution is -2.20. The molecule has 176 valence electrons. The number of amidine groups is 1. The average Bonchev–Trinajstić information content (AvgIpc) is 3.15. The molecular weight excluding hydrogens is 470 g/mol. The van der Waals surface area contributed by atoms with E-state index >= 15 is 0 Å². The van der Waals surface area contributed by atoms with Crippen LogP contribution in [-0.2, 0) is 17.6 Å². The summed E-state index contributed by atoms with van der Waals surface area (Å²) >= 11 is 1.21. The van der Waals surface area contributed by atoms with Gasteiger partial charge in [0, 0.05) is 18.1 Å². The number of hydrogen-bond acceptors (Lipinski definition) is 5. The first kappa shape index (κ1) is 23.7. The fourth-order valence-corrected chi connectivity index (χ4v) is 4.13. The van der Waals surface area contributed by atoms with Gasteiger partial charge >= 0.3 is 6.18 Å². The van der Waals surface area contributed by atoms with E-state index in [1.807, 2.05) is 6.07 Å². The SMILES string of the molecule is O=C1NC(=NCCc2cccc(F)c2)S/C1=C\Cc1ccc2nccc(OCC(F)(F)F)c2c1. The Hall–Kier alpha value is -3.40. The number of pyridine rings is 1. The molecule has 5 nitrogen and oxygen atoms in total. The Kier molecular flexibility index (Phi) is 7.16. The molecule has 1 N–H and O–H groups in total. The molecule has 1 aromatic heterocycles. The number of carbonyl (C=O) groups excluding carboxylic acids is 1. The third-order valence-electron chi connectivity index (χ3n) is 4.88. The van der Waals surface area contributed by atoms with Crippen LogP contribution in [0.4, 0.5) is 17.6 Å². The van der Waals surface area contributed by atoms with Crippen LogP contribution in [-0.4, -0.2) is 35.4 Å². The zero-order chi connectivity index (χ0) is 24.1. The van der Waals surface area contributed by atoms with Gasteiger partial charge in [0.25, 0.3) is 5.91 Å². The minimum Gasteiger partial charge on any atom is -0.483 e. The molecule has 0 atom stereocenters. The number of allylic oxidation sites excluding steroid dienone is 1. The van der Waals surface area contributed by atoms with Gasteiger partial charge in [0.05, 0.1) is 10.4 Å². The summed E-state index contributed by atoms with van der Waals surface area (Å²) in [6, 6.07) is 12.9. The maximum atomic E-state index is 13.3. The number of aliphatic imine (C=N–C) groups is 1. The van der Waals surface area contributed by atoms with Crippen molar-refractivity contribution in [1.29, 1.82) is 0 Å². The van der Waals surface area contributed by atoms with E-state index in [0.717, 1.165) is 11.1 Å². The molecule has 1 amide bonds. The van der Waals surface area contributed by atoms with Crippen LogP contribution in [0.25, 0.3) is 10.9 Å². The lowest BCUT2D eigenvalue weighted by molar-refractivity contribution is -0.153. The molecule has 1 aliphatic rings. The van der Waals surface area contributed by atoms with E-state index < -0.39 is 12.8 Å². The molecule has 0 spiro atoms. The second kappa shape index (κ2) is 10.3. The predicted octanol–water partition coefficient (Wildman–Crippen LogP) is 5.20. The van der Waals surface area contributed by atoms with E-state index in [2.05, 4.69) is 15.3 Å². The highest BCUT2D eigenvalue weighted by Crippen LogP contribution is 2.28. The maximum absolute atomic E-state index is 13.3. The molecule has 3 aromatic rings. The number of fused-ring (bicyclic) bond motifs is 1. The summed E-state index contributed by atoms with van der Waals surface area (Å²) in [6.07, 6.45) is -0.384. The molecule has 1 aliphatic heterocycles. The van der Waals surface area contributed by atoms with Crippen molar-refractivity contribution in [2.75, 3.05) is 13.2 Å². The van der Waals surface area contributed by atoms with Crippen molar-refractivity contribution >= 4 is 33.7 Å². The fraction of sp³-hybridized carbons (Fsp3) is 0.208. The number of amides is 1. The van der Waals surface area contributed by atoms with Gasteiger partial charge in [-0.05, 0) is 66.1 Å². The summed E-state index contributed by atoms with van der Waals surface area (Å²) in [6.45, 7) is -0.990. The van der Waals surface area contributed by atoms with Crippen LogP contribution in [0.15, 0.2) is 70.7 Å². The molecule has 0 unspecified atom stereocenters. The number of halogens is 4. The van der Waals surface area contributed by atoms with Crippen molar-refractivity contribution in [3.63, 3.8) is 0 Å². The van der Waals surface area contributed by atoms with Gasteiger partial charge in [0.2, 0.25) is 0 Å². The topological polar surface area (TPSA) is 63.6 Å². The number of aromatic nitrogens is 1. The van der Waals surface area contributed by atoms with Gasteiger partial charge in [-0.15, -0.1) is 0 Å². The van der Waals surface area contributed by atoms with E-state index in [-0.39, 0.29) is 17.5 Å². The smallest absolute Gasteiger partial charge is 0.422 e. The lowest BCUT2D eigenvalue weighted by Gasteiger charge is -2.11. The van der Waals surface area contributed by atoms with Crippen LogP contribution in [0, 0.1) is 5.82 Å². The molecule has 10 heteroatoms. The van der Waals surface area contributed by atoms with Crippen molar-refractivity contribution in [2.24, 2.45) is 4.99 Å². The van der Waals surface area contributed by atoms with Crippen molar-refractivity contribution in [1.82, 2.24) is 10.3 Å². The second-order valence-corrected chi connectivity index (χ2v) is 8.49. The Morgan fingerprint density at radius 2 is 1.97 bits per heavy atom. The standard InChI is InChI=1S/C24H19F4N3O2S/c25-17-3-1-2-15(12-17)8-10-30-23-31-22(32)21(34-23)7-5-16-4-6-19-18(13-16)20(9-11-29-19)33-14-24(26,27)28/h1-4,6-7,9,11-13H,5,8,10,14H2,(H,30,31,32)/b21-7-. The monoisotopic (exact) mass is 489 g/mol. The molecule has 0 radical (unpaired) electrons. The molecule has 0 aliphatic carbocycles. The first-order chi connectivity index (χ1) is 16.3. The van der Waals surface area contributed by atoms with Crippen LogP contribution in [0.5, 0.6) is 5.75 Å². The van der Waals surface area contributed by atoms with Crippen LogP contribution < -0.4 is 10.1 Å². The lowest BCUT2D eigenvalue weighted by atomic mass is 10.1. The molecule has 2 aromatic carbocycles. The minimum absolute atomic E-state index is 0.0949. The van der Waals surface area contributed by atoms with E-state index in [9.17, 15) is 22.4 Å². The van der Waals surface area contributed by atoms with Crippen LogP contribution in [0.2, 0.25) is 0 Å². The third kappa shape index (κ3) is 6.34. The van der Waals surface area contributed by atoms with E-state index in [1.54, 1.807) is 30.3 Å². The summed E-state index contributed by atoms with van der Waals surface area (Å²) in [4.78, 5) is 21.3. The van der Waals surface area contributed by atoms with Gasteiger partial charge in [-0.2, -0.15) is 13.2 Å². The normalized spacial score (nSPS) is 16.4. The number of nitrogens with zero attached hydrogens (tertiary/aromatic N) is 2. The number of ether oxygens (including phenoxy) is 1. The Balaban J connectivity index is 1.41. The number of benzene rings is 2. The third-order valence-corrected chi connectivity index (χ3v) is 5.87. The van der Waals surface area contributed by atoms with Gasteiger partial charge in [0.15, 0.2) is 11.8 Å². The molecule has 34 heavy (non-hydrogen) atoms. The average molecular weight is 489 g/mol. The van der Waals surface area contributed by atoms with Crippen LogP contribution in [0.3, 0.4) is 0 Å². The highest BCUT2D eigenvalue weighted by atomic mass is 32.2. The number of rotatable bonds is 7. The summed E-state index contributed by atoms with van der Waals surface area (Å²) in [5.74, 6) is -0.480. The van der Waals surface area contributed by atoms with Gasteiger partial charge in [0.1, 0.15) is 11.6 Å². The number of carbonyl (C=O) groups is 1. The fourth-order valence-electron chi connectivity index (χ4n) is 3.31. The summed E-state index contributed by atoms with van der Waals surface area (Å²) in [5, 5.41) is 3.64. The quantitative estimate of drug-likeness (QED) is 0.366. The Morgan fingerprint density at radius 1 is 1.12 bits per heavy atom. The molecule has 1 saturated heterocycles. The highest BCUT2D eigenvalue weighted by molar-refractivity contribution is 8.18. The molecule has 1 fully saturated rings. The van der Waals surface area contributed by atoms with Gasteiger partial charge < -0.3 is 10.1 Å². The molecule has 0 bridgehead atoms. The first-order valence-corrected chi connectivity index (χ1v) is 11.1. The molecular formula is C24H19F4N3O2S. The van der Waals surface area contributed by atoms with Crippen LogP contribution in [0.1, 0.15) is 11.1 Å². The Morgan fingerprint density at radius 3 is 2.76 bits per heavy atom. The van der Waals surface area contributed by atoms with Gasteiger partial charge in [-0.3, -0.25) is 14.8 Å². The predicted molar refractivity (Wildman–Crippen MR) is 123 cm³/mol. The summed E-state index contributed by atoms with van der Waals surface area (Å²) in [5.41, 5.74) is 2.12. The van der Waals surface area contributed by atoms with Crippen molar-refractivity contribution in [3.05, 3.63) is 82.7 Å². The van der Waals surface area contributed by atoms with E-state index in [1.165, 1.54) is 36.2 Å². The minimum atomic E-state index is -4.44. The maximum Gasteiger partial charge on any atom is 0.422 e. The largest absolute Gasteiger partial charge is 0.483 e. The number of thioether (sulfide) groups is 1. The number of alkyl halides is 3. The van der Waals surface area contributed by atoms with Crippen molar-refractivity contribution in [2.45, 2.75) is 19.0 Å². The Bertz CT molecular complexity index is 1270. The summed E-state index contributed by atoms with van der Waals surface area (Å²) < 4.78 is 55.8. The second-order valence-electron chi connectivity index (χ2n) is 7.46. The molecule has 4 rings (SSSR count).